The van der Waals surface area contributed by atoms with E-state index in [0.29, 0.717) is 12.5 Å². The quantitative estimate of drug-likeness (QED) is 0.682. The average Bonchev–Trinajstić information content (AvgIpc) is 2.03. The molecular formula is C12H22N2. The Labute approximate surface area is 88.0 Å². The molecule has 2 heteroatoms. The molecule has 1 unspecified atom stereocenters. The summed E-state index contributed by atoms with van der Waals surface area (Å²) in [4.78, 5) is 0. The maximum atomic E-state index is 8.39. The molecule has 0 aliphatic heterocycles. The number of nitrogens with zero attached hydrogens (tertiary/aromatic N) is 1. The van der Waals surface area contributed by atoms with Crippen molar-refractivity contribution in [2.24, 2.45) is 5.41 Å². The van der Waals surface area contributed by atoms with Crippen molar-refractivity contribution >= 4 is 0 Å². The highest BCUT2D eigenvalue weighted by molar-refractivity contribution is 4.96. The van der Waals surface area contributed by atoms with Crippen LogP contribution in [0.5, 0.6) is 0 Å². The lowest BCUT2D eigenvalue weighted by molar-refractivity contribution is 0.301. The van der Waals surface area contributed by atoms with Gasteiger partial charge in [0.1, 0.15) is 0 Å². The molecule has 2 nitrogen and oxygen atoms in total. The molecule has 0 radical (unpaired) electrons. The Balaban J connectivity index is 3.79. The molecule has 1 N–H and O–H groups in total. The third kappa shape index (κ3) is 5.64. The van der Waals surface area contributed by atoms with Crippen molar-refractivity contribution in [2.45, 2.75) is 53.0 Å². The van der Waals surface area contributed by atoms with Gasteiger partial charge < -0.3 is 5.32 Å². The number of hydrogen-bond donors (Lipinski definition) is 1. The van der Waals surface area contributed by atoms with Gasteiger partial charge in [-0.2, -0.15) is 5.26 Å². The number of hydrogen-bond acceptors (Lipinski definition) is 2. The predicted octanol–water partition coefficient (Wildman–Crippen LogP) is 3.22. The Bertz CT molecular complexity index is 217. The van der Waals surface area contributed by atoms with Gasteiger partial charge in [-0.3, -0.25) is 0 Å². The van der Waals surface area contributed by atoms with Crippen LogP contribution in [0.15, 0.2) is 12.3 Å². The van der Waals surface area contributed by atoms with Gasteiger partial charge in [-0.1, -0.05) is 27.4 Å². The lowest BCUT2D eigenvalue weighted by Gasteiger charge is -2.29. The standard InChI is InChI=1S/C12H22N2/c1-10(8-6-7-9-13)14-11(2)12(3,4)5/h11,14H,1,6-8H2,2-5H3. The van der Waals surface area contributed by atoms with Crippen molar-refractivity contribution in [3.63, 3.8) is 0 Å². The largest absolute Gasteiger partial charge is 0.386 e. The Morgan fingerprint density at radius 1 is 1.50 bits per heavy atom. The fraction of sp³-hybridized carbons (Fsp3) is 0.750. The van der Waals surface area contributed by atoms with Crippen LogP contribution in [-0.2, 0) is 0 Å². The van der Waals surface area contributed by atoms with Crippen molar-refractivity contribution in [3.05, 3.63) is 12.3 Å². The Morgan fingerprint density at radius 2 is 2.07 bits per heavy atom. The van der Waals surface area contributed by atoms with Gasteiger partial charge in [0.2, 0.25) is 0 Å². The second kappa shape index (κ2) is 5.70. The molecule has 0 rings (SSSR count). The van der Waals surface area contributed by atoms with E-state index in [1.165, 1.54) is 0 Å². The summed E-state index contributed by atoms with van der Waals surface area (Å²) >= 11 is 0. The molecule has 0 aromatic heterocycles. The molecular weight excluding hydrogens is 172 g/mol. The first-order valence-electron chi connectivity index (χ1n) is 5.19. The highest BCUT2D eigenvalue weighted by Gasteiger charge is 2.19. The summed E-state index contributed by atoms with van der Waals surface area (Å²) in [5.74, 6) is 0. The number of rotatable bonds is 5. The van der Waals surface area contributed by atoms with Gasteiger partial charge in [0.15, 0.2) is 0 Å². The zero-order chi connectivity index (χ0) is 11.2. The highest BCUT2D eigenvalue weighted by Crippen LogP contribution is 2.19. The molecule has 0 aliphatic carbocycles. The fourth-order valence-corrected chi connectivity index (χ4v) is 0.976. The van der Waals surface area contributed by atoms with Crippen LogP contribution in [0.3, 0.4) is 0 Å². The van der Waals surface area contributed by atoms with E-state index in [-0.39, 0.29) is 5.41 Å². The number of allylic oxidation sites excluding steroid dienone is 1. The van der Waals surface area contributed by atoms with Crippen LogP contribution in [0, 0.1) is 16.7 Å². The van der Waals surface area contributed by atoms with Crippen LogP contribution in [0.4, 0.5) is 0 Å². The summed E-state index contributed by atoms with van der Waals surface area (Å²) in [6.07, 6.45) is 2.41. The normalized spacial score (nSPS) is 13.1. The molecule has 0 aromatic carbocycles. The van der Waals surface area contributed by atoms with Crippen LogP contribution in [0.1, 0.15) is 47.0 Å². The summed E-state index contributed by atoms with van der Waals surface area (Å²) in [5, 5.41) is 11.8. The van der Waals surface area contributed by atoms with Crippen molar-refractivity contribution in [1.29, 1.82) is 5.26 Å². The van der Waals surface area contributed by atoms with Crippen molar-refractivity contribution in [2.75, 3.05) is 0 Å². The minimum atomic E-state index is 0.248. The molecule has 0 saturated heterocycles. The molecule has 14 heavy (non-hydrogen) atoms. The highest BCUT2D eigenvalue weighted by atomic mass is 14.9. The third-order valence-electron chi connectivity index (χ3n) is 2.49. The van der Waals surface area contributed by atoms with Gasteiger partial charge >= 0.3 is 0 Å². The first-order chi connectivity index (χ1) is 6.38. The first kappa shape index (κ1) is 13.0. The molecule has 0 aliphatic rings. The minimum absolute atomic E-state index is 0.248. The summed E-state index contributed by atoms with van der Waals surface area (Å²) in [7, 11) is 0. The van der Waals surface area contributed by atoms with Crippen LogP contribution in [0.2, 0.25) is 0 Å². The second-order valence-corrected chi connectivity index (χ2v) is 4.85. The van der Waals surface area contributed by atoms with E-state index in [4.69, 9.17) is 5.26 Å². The summed E-state index contributed by atoms with van der Waals surface area (Å²) < 4.78 is 0. The van der Waals surface area contributed by atoms with E-state index in [1.54, 1.807) is 0 Å². The van der Waals surface area contributed by atoms with Gasteiger partial charge in [-0.05, 0) is 25.2 Å². The van der Waals surface area contributed by atoms with E-state index >= 15 is 0 Å². The lowest BCUT2D eigenvalue weighted by Crippen LogP contribution is -2.36. The SMILES string of the molecule is C=C(CCCC#N)NC(C)C(C)(C)C. The Kier molecular flexibility index (Phi) is 5.30. The van der Waals surface area contributed by atoms with Gasteiger partial charge in [0.25, 0.3) is 0 Å². The minimum Gasteiger partial charge on any atom is -0.386 e. The smallest absolute Gasteiger partial charge is 0.0621 e. The van der Waals surface area contributed by atoms with Gasteiger partial charge in [0, 0.05) is 18.2 Å². The molecule has 0 aromatic rings. The zero-order valence-corrected chi connectivity index (χ0v) is 9.85. The number of nitriles is 1. The Morgan fingerprint density at radius 3 is 2.50 bits per heavy atom. The molecule has 0 heterocycles. The van der Waals surface area contributed by atoms with Crippen molar-refractivity contribution in [3.8, 4) is 6.07 Å². The van der Waals surface area contributed by atoms with Crippen LogP contribution in [-0.4, -0.2) is 6.04 Å². The molecule has 0 bridgehead atoms. The molecule has 0 saturated carbocycles. The van der Waals surface area contributed by atoms with E-state index in [0.717, 1.165) is 18.5 Å². The lowest BCUT2D eigenvalue weighted by atomic mass is 9.88. The predicted molar refractivity (Wildman–Crippen MR) is 60.7 cm³/mol. The van der Waals surface area contributed by atoms with Crippen LogP contribution < -0.4 is 5.32 Å². The molecule has 80 valence electrons. The number of unbranched alkanes of at least 4 members (excludes halogenated alkanes) is 1. The van der Waals surface area contributed by atoms with Crippen LogP contribution >= 0.6 is 0 Å². The fourth-order valence-electron chi connectivity index (χ4n) is 0.976. The Hall–Kier alpha value is -0.970. The maximum absolute atomic E-state index is 8.39. The van der Waals surface area contributed by atoms with Crippen molar-refractivity contribution in [1.82, 2.24) is 5.32 Å². The summed E-state index contributed by atoms with van der Waals surface area (Å²) in [6, 6.07) is 2.55. The van der Waals surface area contributed by atoms with E-state index in [1.807, 2.05) is 0 Å². The molecule has 0 fully saturated rings. The topological polar surface area (TPSA) is 35.8 Å². The number of nitrogens with one attached hydrogen (secondary N) is 1. The van der Waals surface area contributed by atoms with Crippen LogP contribution in [0.25, 0.3) is 0 Å². The monoisotopic (exact) mass is 194 g/mol. The van der Waals surface area contributed by atoms with E-state index < -0.39 is 0 Å². The zero-order valence-electron chi connectivity index (χ0n) is 9.85. The second-order valence-electron chi connectivity index (χ2n) is 4.85. The van der Waals surface area contributed by atoms with E-state index in [9.17, 15) is 0 Å². The maximum Gasteiger partial charge on any atom is 0.0621 e. The molecule has 0 spiro atoms. The summed E-state index contributed by atoms with van der Waals surface area (Å²) in [6.45, 7) is 12.7. The first-order valence-corrected chi connectivity index (χ1v) is 5.19. The molecule has 1 atom stereocenters. The summed E-state index contributed by atoms with van der Waals surface area (Å²) in [5.41, 5.74) is 1.29. The van der Waals surface area contributed by atoms with Crippen molar-refractivity contribution < 1.29 is 0 Å². The van der Waals surface area contributed by atoms with Gasteiger partial charge in [-0.15, -0.1) is 0 Å². The van der Waals surface area contributed by atoms with E-state index in [2.05, 4.69) is 45.7 Å². The third-order valence-corrected chi connectivity index (χ3v) is 2.49. The average molecular weight is 194 g/mol. The van der Waals surface area contributed by atoms with Gasteiger partial charge in [-0.25, -0.2) is 0 Å². The molecule has 0 amide bonds. The van der Waals surface area contributed by atoms with Gasteiger partial charge in [0.05, 0.1) is 6.07 Å².